The number of nitrogens with zero attached hydrogens (tertiary/aromatic N) is 2. The first kappa shape index (κ1) is 22.3. The van der Waals surface area contributed by atoms with Crippen molar-refractivity contribution in [2.45, 2.75) is 56.5 Å². The summed E-state index contributed by atoms with van der Waals surface area (Å²) < 4.78 is 0. The van der Waals surface area contributed by atoms with Crippen LogP contribution in [0.4, 0.5) is 5.69 Å². The Morgan fingerprint density at radius 2 is 1.66 bits per heavy atom. The minimum atomic E-state index is -0.817. The van der Waals surface area contributed by atoms with E-state index < -0.39 is 5.41 Å². The van der Waals surface area contributed by atoms with Crippen molar-refractivity contribution in [1.29, 1.82) is 0 Å². The molecule has 5 heteroatoms. The van der Waals surface area contributed by atoms with Crippen molar-refractivity contribution in [2.75, 3.05) is 25.0 Å². The maximum Gasteiger partial charge on any atom is 0.238 e. The van der Waals surface area contributed by atoms with Crippen LogP contribution in [0, 0.1) is 0 Å². The molecule has 2 amide bonds. The number of piperidine rings is 1. The van der Waals surface area contributed by atoms with Crippen LogP contribution < -0.4 is 10.2 Å². The molecule has 2 heterocycles. The van der Waals surface area contributed by atoms with Crippen LogP contribution in [0.25, 0.3) is 10.8 Å². The van der Waals surface area contributed by atoms with E-state index in [4.69, 9.17) is 0 Å². The lowest BCUT2D eigenvalue weighted by Crippen LogP contribution is -2.54. The van der Waals surface area contributed by atoms with Gasteiger partial charge in [0, 0.05) is 43.8 Å². The van der Waals surface area contributed by atoms with Gasteiger partial charge in [-0.2, -0.15) is 0 Å². The van der Waals surface area contributed by atoms with Crippen LogP contribution >= 0.6 is 0 Å². The van der Waals surface area contributed by atoms with Crippen LogP contribution in [-0.4, -0.2) is 42.9 Å². The number of fused-ring (bicyclic) bond motifs is 1. The van der Waals surface area contributed by atoms with E-state index in [2.05, 4.69) is 53.5 Å². The second kappa shape index (κ2) is 7.92. The zero-order chi connectivity index (χ0) is 24.4. The Hall–Kier alpha value is -3.18. The Balaban J connectivity index is 1.26. The lowest BCUT2D eigenvalue weighted by molar-refractivity contribution is -0.129. The van der Waals surface area contributed by atoms with E-state index in [1.807, 2.05) is 36.1 Å². The quantitative estimate of drug-likeness (QED) is 0.614. The number of nitrogens with one attached hydrogen (secondary N) is 1. The van der Waals surface area contributed by atoms with Gasteiger partial charge in [0.2, 0.25) is 11.8 Å². The van der Waals surface area contributed by atoms with Crippen LogP contribution in [-0.2, 0) is 27.0 Å². The summed E-state index contributed by atoms with van der Waals surface area (Å²) in [6.45, 7) is 6.21. The monoisotopic (exact) mass is 467 g/mol. The molecule has 0 spiro atoms. The standard InChI is InChI=1S/C30H33N3O2/c1-29(19-26(34)31-3)23-11-4-5-13-25(23)33(28(29)35)22-14-16-32(17-15-22)30(2)18-21-10-6-8-20-9-7-12-24(30)27(20)21/h4-13,22H,14-19H2,1-3H3,(H,31,34). The average molecular weight is 468 g/mol. The molecule has 180 valence electrons. The molecule has 0 saturated carbocycles. The topological polar surface area (TPSA) is 52.7 Å². The molecule has 5 nitrogen and oxygen atoms in total. The average Bonchev–Trinajstić information content (AvgIpc) is 3.30. The summed E-state index contributed by atoms with van der Waals surface area (Å²) in [6, 6.07) is 21.5. The molecule has 1 fully saturated rings. The number of amides is 2. The predicted molar refractivity (Wildman–Crippen MR) is 140 cm³/mol. The highest BCUT2D eigenvalue weighted by Gasteiger charge is 2.51. The Morgan fingerprint density at radius 3 is 2.40 bits per heavy atom. The molecule has 2 atom stereocenters. The molecule has 1 N–H and O–H groups in total. The first-order chi connectivity index (χ1) is 16.9. The van der Waals surface area contributed by atoms with Gasteiger partial charge in [-0.1, -0.05) is 54.6 Å². The number of para-hydroxylation sites is 1. The van der Waals surface area contributed by atoms with E-state index >= 15 is 0 Å². The van der Waals surface area contributed by atoms with Crippen LogP contribution in [0.5, 0.6) is 0 Å². The highest BCUT2D eigenvalue weighted by molar-refractivity contribution is 6.10. The highest BCUT2D eigenvalue weighted by atomic mass is 16.2. The molecule has 0 bridgehead atoms. The summed E-state index contributed by atoms with van der Waals surface area (Å²) in [5.41, 5.74) is 3.99. The van der Waals surface area contributed by atoms with Gasteiger partial charge in [0.1, 0.15) is 0 Å². The zero-order valence-corrected chi connectivity index (χ0v) is 20.8. The molecule has 2 aliphatic heterocycles. The van der Waals surface area contributed by atoms with Crippen molar-refractivity contribution >= 4 is 28.3 Å². The van der Waals surface area contributed by atoms with Crippen molar-refractivity contribution in [1.82, 2.24) is 10.2 Å². The lowest BCUT2D eigenvalue weighted by Gasteiger charge is -2.45. The van der Waals surface area contributed by atoms with Gasteiger partial charge >= 0.3 is 0 Å². The number of rotatable bonds is 4. The lowest BCUT2D eigenvalue weighted by atomic mass is 9.80. The molecule has 35 heavy (non-hydrogen) atoms. The predicted octanol–water partition coefficient (Wildman–Crippen LogP) is 4.52. The Kier molecular flexibility index (Phi) is 5.05. The molecular weight excluding hydrogens is 434 g/mol. The van der Waals surface area contributed by atoms with Crippen molar-refractivity contribution in [2.24, 2.45) is 0 Å². The minimum absolute atomic E-state index is 0.0190. The zero-order valence-electron chi connectivity index (χ0n) is 20.8. The van der Waals surface area contributed by atoms with Gasteiger partial charge < -0.3 is 10.2 Å². The normalized spacial score (nSPS) is 26.4. The fraction of sp³-hybridized carbons (Fsp3) is 0.400. The number of carbonyl (C=O) groups is 2. The SMILES string of the molecule is CNC(=O)CC1(C)C(=O)N(C2CCN(C3(C)Cc4cccc5cccc3c45)CC2)c2ccccc21. The molecule has 2 unspecified atom stereocenters. The van der Waals surface area contributed by atoms with Gasteiger partial charge in [-0.05, 0) is 66.6 Å². The number of benzene rings is 3. The van der Waals surface area contributed by atoms with E-state index in [1.165, 1.54) is 21.9 Å². The molecule has 3 aromatic carbocycles. The van der Waals surface area contributed by atoms with Gasteiger partial charge in [0.25, 0.3) is 0 Å². The van der Waals surface area contributed by atoms with Gasteiger partial charge in [-0.25, -0.2) is 0 Å². The van der Waals surface area contributed by atoms with Crippen LogP contribution in [0.1, 0.15) is 49.8 Å². The molecule has 1 saturated heterocycles. The number of likely N-dealkylation sites (tertiary alicyclic amines) is 1. The summed E-state index contributed by atoms with van der Waals surface area (Å²) in [4.78, 5) is 30.8. The largest absolute Gasteiger partial charge is 0.359 e. The van der Waals surface area contributed by atoms with Crippen LogP contribution in [0.2, 0.25) is 0 Å². The van der Waals surface area contributed by atoms with Gasteiger partial charge in [0.15, 0.2) is 0 Å². The molecule has 6 rings (SSSR count). The maximum atomic E-state index is 13.8. The Labute approximate surface area is 207 Å². The highest BCUT2D eigenvalue weighted by Crippen LogP contribution is 2.48. The third kappa shape index (κ3) is 3.17. The van der Waals surface area contributed by atoms with E-state index in [1.54, 1.807) is 7.05 Å². The fourth-order valence-electron chi connectivity index (χ4n) is 6.96. The van der Waals surface area contributed by atoms with Crippen molar-refractivity contribution < 1.29 is 9.59 Å². The number of anilines is 1. The molecule has 3 aromatic rings. The first-order valence-corrected chi connectivity index (χ1v) is 12.8. The molecule has 1 aliphatic carbocycles. The summed E-state index contributed by atoms with van der Waals surface area (Å²) in [7, 11) is 1.63. The minimum Gasteiger partial charge on any atom is -0.359 e. The fourth-order valence-corrected chi connectivity index (χ4v) is 6.96. The van der Waals surface area contributed by atoms with Gasteiger partial charge in [-0.3, -0.25) is 14.5 Å². The smallest absolute Gasteiger partial charge is 0.238 e. The van der Waals surface area contributed by atoms with Crippen molar-refractivity contribution in [3.8, 4) is 0 Å². The third-order valence-electron chi connectivity index (χ3n) is 8.88. The number of hydrogen-bond donors (Lipinski definition) is 1. The first-order valence-electron chi connectivity index (χ1n) is 12.8. The van der Waals surface area contributed by atoms with Gasteiger partial charge in [-0.15, -0.1) is 0 Å². The second-order valence-corrected chi connectivity index (χ2v) is 10.9. The molecule has 0 aromatic heterocycles. The number of carbonyl (C=O) groups excluding carboxylic acids is 2. The van der Waals surface area contributed by atoms with E-state index in [0.29, 0.717) is 0 Å². The van der Waals surface area contributed by atoms with E-state index in [9.17, 15) is 9.59 Å². The summed E-state index contributed by atoms with van der Waals surface area (Å²) in [5.74, 6) is -0.0415. The van der Waals surface area contributed by atoms with Crippen molar-refractivity contribution in [3.05, 3.63) is 77.4 Å². The van der Waals surface area contributed by atoms with Crippen LogP contribution in [0.15, 0.2) is 60.7 Å². The second-order valence-electron chi connectivity index (χ2n) is 10.9. The molecular formula is C30H33N3O2. The molecule has 0 radical (unpaired) electrons. The number of hydrogen-bond acceptors (Lipinski definition) is 3. The third-order valence-corrected chi connectivity index (χ3v) is 8.88. The summed E-state index contributed by atoms with van der Waals surface area (Å²) in [6.07, 6.45) is 3.06. The van der Waals surface area contributed by atoms with Gasteiger partial charge in [0.05, 0.1) is 5.41 Å². The van der Waals surface area contributed by atoms with Crippen molar-refractivity contribution in [3.63, 3.8) is 0 Å². The van der Waals surface area contributed by atoms with E-state index in [-0.39, 0.29) is 29.8 Å². The summed E-state index contributed by atoms with van der Waals surface area (Å²) in [5, 5.41) is 5.45. The maximum absolute atomic E-state index is 13.8. The van der Waals surface area contributed by atoms with E-state index in [0.717, 1.165) is 43.6 Å². The Morgan fingerprint density at radius 1 is 0.971 bits per heavy atom. The Bertz CT molecular complexity index is 1340. The van der Waals surface area contributed by atoms with Crippen LogP contribution in [0.3, 0.4) is 0 Å². The summed E-state index contributed by atoms with van der Waals surface area (Å²) >= 11 is 0. The molecule has 3 aliphatic rings.